The molecule has 1 unspecified atom stereocenters. The first-order valence-electron chi connectivity index (χ1n) is 10.7. The minimum Gasteiger partial charge on any atom is -0.493 e. The van der Waals surface area contributed by atoms with Crippen LogP contribution in [0.1, 0.15) is 82.6 Å². The van der Waals surface area contributed by atoms with Gasteiger partial charge in [0.2, 0.25) is 0 Å². The van der Waals surface area contributed by atoms with E-state index in [2.05, 4.69) is 0 Å². The van der Waals surface area contributed by atoms with Gasteiger partial charge in [0, 0.05) is 5.92 Å². The molecule has 1 spiro atoms. The summed E-state index contributed by atoms with van der Waals surface area (Å²) in [5.74, 6) is 0.731. The van der Waals surface area contributed by atoms with Crippen LogP contribution in [-0.4, -0.2) is 17.7 Å². The van der Waals surface area contributed by atoms with Gasteiger partial charge in [0.15, 0.2) is 0 Å². The number of ether oxygens (including phenoxy) is 1. The number of carbonyl (C=O) groups is 1. The second-order valence-corrected chi connectivity index (χ2v) is 8.63. The number of hydrogen-bond donors (Lipinski definition) is 1. The number of carboxylic acid groups (broad SMARTS) is 1. The molecular weight excluding hydrogens is 336 g/mol. The Balaban J connectivity index is 1.54. The maximum Gasteiger partial charge on any atom is 0.304 e. The molecule has 148 valence electrons. The van der Waals surface area contributed by atoms with Crippen molar-refractivity contribution >= 4 is 5.97 Å². The van der Waals surface area contributed by atoms with Gasteiger partial charge in [-0.3, -0.25) is 4.79 Å². The molecule has 1 aromatic rings. The van der Waals surface area contributed by atoms with Crippen LogP contribution in [0.4, 0.5) is 0 Å². The zero-order chi connectivity index (χ0) is 19.1. The fourth-order valence-corrected chi connectivity index (χ4v) is 5.22. The van der Waals surface area contributed by atoms with E-state index >= 15 is 0 Å². The molecule has 1 N–H and O–H groups in total. The molecule has 1 aromatic carbocycles. The fraction of sp³-hybridized carbons (Fsp3) is 0.625. The van der Waals surface area contributed by atoms with Crippen LogP contribution < -0.4 is 4.74 Å². The summed E-state index contributed by atoms with van der Waals surface area (Å²) in [4.78, 5) is 11.1. The molecule has 2 saturated carbocycles. The second-order valence-electron chi connectivity index (χ2n) is 8.63. The van der Waals surface area contributed by atoms with Gasteiger partial charge in [-0.15, -0.1) is 0 Å². The number of aliphatic carboxylic acids is 1. The van der Waals surface area contributed by atoms with E-state index in [1.807, 2.05) is 43.3 Å². The van der Waals surface area contributed by atoms with Crippen molar-refractivity contribution in [3.8, 4) is 5.75 Å². The summed E-state index contributed by atoms with van der Waals surface area (Å²) >= 11 is 0. The first-order valence-corrected chi connectivity index (χ1v) is 10.7. The summed E-state index contributed by atoms with van der Waals surface area (Å²) in [6.45, 7) is 2.74. The molecule has 3 heteroatoms. The highest BCUT2D eigenvalue weighted by molar-refractivity contribution is 5.68. The van der Waals surface area contributed by atoms with E-state index in [0.29, 0.717) is 11.3 Å². The first-order chi connectivity index (χ1) is 13.1. The van der Waals surface area contributed by atoms with E-state index in [0.717, 1.165) is 17.9 Å². The minimum absolute atomic E-state index is 0.0777. The summed E-state index contributed by atoms with van der Waals surface area (Å²) < 4.78 is 6.12. The van der Waals surface area contributed by atoms with Gasteiger partial charge in [0.25, 0.3) is 0 Å². The second kappa shape index (κ2) is 9.43. The Morgan fingerprint density at radius 3 is 2.56 bits per heavy atom. The van der Waals surface area contributed by atoms with Crippen LogP contribution in [0.3, 0.4) is 0 Å². The molecule has 0 aliphatic heterocycles. The zero-order valence-corrected chi connectivity index (χ0v) is 16.7. The third-order valence-corrected chi connectivity index (χ3v) is 6.57. The van der Waals surface area contributed by atoms with E-state index < -0.39 is 5.97 Å². The molecule has 0 radical (unpaired) electrons. The predicted molar refractivity (Wildman–Crippen MR) is 109 cm³/mol. The number of allylic oxidation sites excluding steroid dienone is 2. The molecule has 2 atom stereocenters. The summed E-state index contributed by atoms with van der Waals surface area (Å²) in [5.41, 5.74) is 1.65. The van der Waals surface area contributed by atoms with E-state index in [1.54, 1.807) is 0 Å². The van der Waals surface area contributed by atoms with Gasteiger partial charge in [-0.1, -0.05) is 50.0 Å². The van der Waals surface area contributed by atoms with Gasteiger partial charge in [0.1, 0.15) is 5.75 Å². The Morgan fingerprint density at radius 1 is 1.19 bits per heavy atom. The third kappa shape index (κ3) is 5.60. The Labute approximate surface area is 163 Å². The van der Waals surface area contributed by atoms with Crippen LogP contribution in [0.2, 0.25) is 0 Å². The van der Waals surface area contributed by atoms with Crippen molar-refractivity contribution in [1.82, 2.24) is 0 Å². The largest absolute Gasteiger partial charge is 0.493 e. The molecule has 2 aliphatic rings. The van der Waals surface area contributed by atoms with Crippen molar-refractivity contribution in [1.29, 1.82) is 0 Å². The van der Waals surface area contributed by atoms with Crippen LogP contribution >= 0.6 is 0 Å². The van der Waals surface area contributed by atoms with Gasteiger partial charge in [0.05, 0.1) is 13.0 Å². The minimum atomic E-state index is -0.771. The van der Waals surface area contributed by atoms with E-state index in [9.17, 15) is 4.79 Å². The van der Waals surface area contributed by atoms with Crippen molar-refractivity contribution in [2.24, 2.45) is 11.3 Å². The van der Waals surface area contributed by atoms with Gasteiger partial charge in [-0.05, 0) is 68.1 Å². The molecule has 2 aliphatic carbocycles. The average Bonchev–Trinajstić information content (AvgIpc) is 2.67. The van der Waals surface area contributed by atoms with Gasteiger partial charge in [-0.25, -0.2) is 0 Å². The molecular formula is C24H34O3. The molecule has 0 bridgehead atoms. The number of hydrogen-bond acceptors (Lipinski definition) is 2. The maximum atomic E-state index is 11.1. The standard InChI is InChI=1S/C24H34O3/c1-2-7-21(16-23(25)26)20-9-11-22(12-10-20)27-18-19-8-6-15-24(17-19)13-4-3-5-14-24/h2,7,9-12,19,21H,3-6,8,13-18H2,1H3,(H,25,26)/t19?,21-/m0/s1. The third-order valence-electron chi connectivity index (χ3n) is 6.57. The molecule has 0 amide bonds. The highest BCUT2D eigenvalue weighted by Gasteiger charge is 2.37. The number of rotatable bonds is 7. The molecule has 2 fully saturated rings. The first kappa shape index (κ1) is 20.0. The summed E-state index contributed by atoms with van der Waals surface area (Å²) in [6, 6.07) is 8.00. The predicted octanol–water partition coefficient (Wildman–Crippen LogP) is 6.34. The highest BCUT2D eigenvalue weighted by Crippen LogP contribution is 2.49. The Hall–Kier alpha value is -1.77. The fourth-order valence-electron chi connectivity index (χ4n) is 5.22. The van der Waals surface area contributed by atoms with Crippen LogP contribution in [0.25, 0.3) is 0 Å². The SMILES string of the molecule is CC=C[C@@H](CC(=O)O)c1ccc(OCC2CCCC3(CCCCC3)C2)cc1. The van der Waals surface area contributed by atoms with E-state index in [-0.39, 0.29) is 12.3 Å². The van der Waals surface area contributed by atoms with Crippen molar-refractivity contribution < 1.29 is 14.6 Å². The Morgan fingerprint density at radius 2 is 1.89 bits per heavy atom. The Bertz CT molecular complexity index is 620. The zero-order valence-electron chi connectivity index (χ0n) is 16.7. The molecule has 0 heterocycles. The summed E-state index contributed by atoms with van der Waals surface area (Å²) in [7, 11) is 0. The van der Waals surface area contributed by atoms with Gasteiger partial charge >= 0.3 is 5.97 Å². The maximum absolute atomic E-state index is 11.1. The summed E-state index contributed by atoms with van der Waals surface area (Å²) in [5, 5.41) is 9.10. The van der Waals surface area contributed by atoms with Crippen LogP contribution in [0, 0.1) is 11.3 Å². The monoisotopic (exact) mass is 370 g/mol. The van der Waals surface area contributed by atoms with Crippen molar-refractivity contribution in [2.45, 2.75) is 77.0 Å². The van der Waals surface area contributed by atoms with E-state index in [4.69, 9.17) is 9.84 Å². The van der Waals surface area contributed by atoms with Crippen molar-refractivity contribution in [2.75, 3.05) is 6.61 Å². The van der Waals surface area contributed by atoms with Crippen LogP contribution in [0.5, 0.6) is 5.75 Å². The topological polar surface area (TPSA) is 46.5 Å². The highest BCUT2D eigenvalue weighted by atomic mass is 16.5. The normalized spacial score (nSPS) is 23.4. The number of benzene rings is 1. The molecule has 0 saturated heterocycles. The van der Waals surface area contributed by atoms with Crippen molar-refractivity contribution in [3.05, 3.63) is 42.0 Å². The average molecular weight is 371 g/mol. The smallest absolute Gasteiger partial charge is 0.304 e. The van der Waals surface area contributed by atoms with E-state index in [1.165, 1.54) is 57.8 Å². The van der Waals surface area contributed by atoms with Crippen molar-refractivity contribution in [3.63, 3.8) is 0 Å². The lowest BCUT2D eigenvalue weighted by molar-refractivity contribution is -0.137. The quantitative estimate of drug-likeness (QED) is 0.570. The lowest BCUT2D eigenvalue weighted by Crippen LogP contribution is -2.33. The molecule has 27 heavy (non-hydrogen) atoms. The lowest BCUT2D eigenvalue weighted by Gasteiger charge is -2.43. The summed E-state index contributed by atoms with van der Waals surface area (Å²) in [6.07, 6.45) is 16.5. The molecule has 3 rings (SSSR count). The lowest BCUT2D eigenvalue weighted by atomic mass is 9.63. The van der Waals surface area contributed by atoms with Crippen LogP contribution in [0.15, 0.2) is 36.4 Å². The molecule has 0 aromatic heterocycles. The Kier molecular flexibility index (Phi) is 6.98. The number of carboxylic acids is 1. The van der Waals surface area contributed by atoms with Gasteiger partial charge < -0.3 is 9.84 Å². The van der Waals surface area contributed by atoms with Crippen LogP contribution in [-0.2, 0) is 4.79 Å². The van der Waals surface area contributed by atoms with Gasteiger partial charge in [-0.2, -0.15) is 0 Å². The molecule has 3 nitrogen and oxygen atoms in total.